The maximum atomic E-state index is 4.97. The van der Waals surface area contributed by atoms with Crippen molar-refractivity contribution in [1.29, 1.82) is 0 Å². The zero-order chi connectivity index (χ0) is 2.71. The van der Waals surface area contributed by atoms with Crippen molar-refractivity contribution in [2.24, 2.45) is 0 Å². The van der Waals surface area contributed by atoms with Gasteiger partial charge in [-0.1, -0.05) is 0 Å². The molecule has 0 radical (unpaired) electrons. The Kier molecular flexibility index (Phi) is 1140. The Labute approximate surface area is 71.1 Å². The van der Waals surface area contributed by atoms with Crippen molar-refractivity contribution in [2.45, 2.75) is 0 Å². The first-order chi connectivity index (χ1) is 1.41. The Morgan fingerprint density at radius 1 is 0.556 bits per heavy atom. The topological polar surface area (TPSA) is 189 Å². The van der Waals surface area contributed by atoms with E-state index in [0.29, 0.717) is 0 Å². The number of rotatable bonds is 0. The molecule has 0 heterocycles. The first-order valence-corrected chi connectivity index (χ1v) is 10.8. The van der Waals surface area contributed by atoms with Gasteiger partial charge in [0.15, 0.2) is 0 Å². The summed E-state index contributed by atoms with van der Waals surface area (Å²) in [5.74, 6) is 0. The van der Waals surface area contributed by atoms with E-state index in [1.165, 1.54) is 0 Å². The first kappa shape index (κ1) is 82.7. The fraction of sp³-hybridized carbons (Fsp3) is 0. The van der Waals surface area contributed by atoms with Crippen LogP contribution in [0.5, 0.6) is 0 Å². The van der Waals surface area contributed by atoms with Gasteiger partial charge in [-0.2, -0.15) is 0 Å². The van der Waals surface area contributed by atoms with E-state index in [1.807, 2.05) is 0 Å². The molecule has 0 fully saturated rings. The molecule has 0 aliphatic rings. The van der Waals surface area contributed by atoms with Crippen molar-refractivity contribution in [1.82, 2.24) is 0 Å². The predicted octanol–water partition coefficient (Wildman–Crippen LogP) is -3.57. The molecule has 6 nitrogen and oxygen atoms in total. The summed E-state index contributed by atoms with van der Waals surface area (Å²) in [4.78, 5) is 0. The van der Waals surface area contributed by atoms with Gasteiger partial charge < -0.3 is 32.9 Å². The van der Waals surface area contributed by atoms with E-state index >= 15 is 0 Å². The summed E-state index contributed by atoms with van der Waals surface area (Å²) in [6, 6.07) is 0. The fourth-order valence-electron chi connectivity index (χ4n) is 0. The van der Waals surface area contributed by atoms with Crippen LogP contribution in [0, 0.1) is 0 Å². The molecule has 0 bridgehead atoms. The molecule has 0 saturated heterocycles. The van der Waals surface area contributed by atoms with Gasteiger partial charge in [0.25, 0.3) is 0 Å². The maximum absolute atomic E-state index is 4.97. The van der Waals surface area contributed by atoms with Crippen LogP contribution in [0.25, 0.3) is 0 Å². The molecule has 0 unspecified atom stereocenters. The van der Waals surface area contributed by atoms with Gasteiger partial charge in [0, 0.05) is 0 Å². The zero-order valence-corrected chi connectivity index (χ0v) is 10.0. The molecule has 9 heteroatoms. The van der Waals surface area contributed by atoms with Crippen LogP contribution in [0.1, 0.15) is 0 Å². The molecule has 0 rings (SSSR count). The van der Waals surface area contributed by atoms with Crippen LogP contribution in [-0.2, 0) is 21.8 Å². The van der Waals surface area contributed by atoms with Gasteiger partial charge in [-0.15, -0.1) is 0 Å². The van der Waals surface area contributed by atoms with Crippen molar-refractivity contribution in [3.8, 4) is 0 Å². The van der Waals surface area contributed by atoms with Crippen LogP contribution >= 0.6 is 16.6 Å². The van der Waals surface area contributed by atoms with Crippen LogP contribution < -0.4 is 0 Å². The van der Waals surface area contributed by atoms with Crippen LogP contribution in [0.3, 0.4) is 0 Å². The van der Waals surface area contributed by atoms with Crippen molar-refractivity contribution in [2.75, 3.05) is 0 Å². The summed E-state index contributed by atoms with van der Waals surface area (Å²) in [5, 5.41) is 0. The number of hydrogen-bond acceptors (Lipinski definition) is 0. The van der Waals surface area contributed by atoms with Gasteiger partial charge >= 0.3 is 38.4 Å². The molecular weight excluding hydrogens is 279 g/mol. The average Bonchev–Trinajstić information content (AvgIpc) is 0.918. The Hall–Kier alpha value is 1.26. The Morgan fingerprint density at radius 3 is 0.556 bits per heavy atom. The van der Waals surface area contributed by atoms with Crippen LogP contribution in [0.15, 0.2) is 0 Å². The third-order valence-electron chi connectivity index (χ3n) is 0. The van der Waals surface area contributed by atoms with E-state index < -0.39 is 21.8 Å². The van der Waals surface area contributed by atoms with E-state index in [9.17, 15) is 0 Å². The second kappa shape index (κ2) is 124. The van der Waals surface area contributed by atoms with Gasteiger partial charge in [-0.05, 0) is 0 Å². The molecule has 0 aromatic carbocycles. The van der Waals surface area contributed by atoms with Gasteiger partial charge in [0.05, 0.1) is 0 Å². The quantitative estimate of drug-likeness (QED) is 0.399. The van der Waals surface area contributed by atoms with Crippen LogP contribution in [0.4, 0.5) is 0 Å². The Morgan fingerprint density at radius 2 is 0.556 bits per heavy atom. The molecule has 0 aromatic heterocycles. The molecule has 0 aliphatic carbocycles. The minimum absolute atomic E-state index is 0. The third-order valence-corrected chi connectivity index (χ3v) is 0. The molecule has 9 heavy (non-hydrogen) atoms. The molecular formula is H12CdCl2O6. The average molecular weight is 291 g/mol. The summed E-state index contributed by atoms with van der Waals surface area (Å²) >= 11 is -1.07. The molecule has 0 amide bonds. The van der Waals surface area contributed by atoms with Crippen molar-refractivity contribution < 1.29 is 54.6 Å². The monoisotopic (exact) mass is 292 g/mol. The number of hydrogen-bond donors (Lipinski definition) is 0. The SMILES string of the molecule is O.O.O.O.O.O.[Cl][Cd][Cl]. The van der Waals surface area contributed by atoms with Crippen molar-refractivity contribution in [3.63, 3.8) is 0 Å². The van der Waals surface area contributed by atoms with E-state index in [0.717, 1.165) is 0 Å². The molecule has 0 saturated carbocycles. The summed E-state index contributed by atoms with van der Waals surface area (Å²) in [6.07, 6.45) is 0. The van der Waals surface area contributed by atoms with Gasteiger partial charge in [0.2, 0.25) is 0 Å². The van der Waals surface area contributed by atoms with Crippen LogP contribution in [0.2, 0.25) is 0 Å². The van der Waals surface area contributed by atoms with Gasteiger partial charge in [0.1, 0.15) is 0 Å². The van der Waals surface area contributed by atoms with E-state index in [-0.39, 0.29) is 32.9 Å². The van der Waals surface area contributed by atoms with Crippen molar-refractivity contribution in [3.05, 3.63) is 0 Å². The standard InChI is InChI=1S/Cd.2ClH.6H2O/h;2*1H;6*1H2/q+2;;;;;;;;/p-2. The third kappa shape index (κ3) is 307. The van der Waals surface area contributed by atoms with Gasteiger partial charge in [-0.3, -0.25) is 0 Å². The first-order valence-electron chi connectivity index (χ1n) is 0.535. The zero-order valence-electron chi connectivity index (χ0n) is 4.46. The predicted molar refractivity (Wildman–Crippen MR) is 33.4 cm³/mol. The molecule has 0 aliphatic heterocycles. The molecule has 0 aromatic rings. The Balaban J connectivity index is -0.00000000133. The molecule has 0 spiro atoms. The summed E-state index contributed by atoms with van der Waals surface area (Å²) < 4.78 is 0. The van der Waals surface area contributed by atoms with Crippen LogP contribution in [-0.4, -0.2) is 32.9 Å². The molecule has 0 atom stereocenters. The summed E-state index contributed by atoms with van der Waals surface area (Å²) in [6.45, 7) is 0. The second-order valence-corrected chi connectivity index (χ2v) is 6.10. The van der Waals surface area contributed by atoms with Gasteiger partial charge in [-0.25, -0.2) is 0 Å². The van der Waals surface area contributed by atoms with E-state index in [2.05, 4.69) is 0 Å². The second-order valence-electron chi connectivity index (χ2n) is 0.101. The van der Waals surface area contributed by atoms with E-state index in [4.69, 9.17) is 16.6 Å². The fourth-order valence-corrected chi connectivity index (χ4v) is 0. The minimum atomic E-state index is -1.07. The normalized spacial score (nSPS) is 1.11. The molecule has 64 valence electrons. The Bertz CT molecular complexity index is 11.0. The molecule has 12 N–H and O–H groups in total. The van der Waals surface area contributed by atoms with Crippen molar-refractivity contribution >= 4 is 16.6 Å². The number of halogens is 2. The summed E-state index contributed by atoms with van der Waals surface area (Å²) in [5.41, 5.74) is 0. The van der Waals surface area contributed by atoms with E-state index in [1.54, 1.807) is 0 Å². The summed E-state index contributed by atoms with van der Waals surface area (Å²) in [7, 11) is 9.95.